The summed E-state index contributed by atoms with van der Waals surface area (Å²) in [5.74, 6) is 0. The first-order valence-corrected chi connectivity index (χ1v) is 14.4. The maximum absolute atomic E-state index is 2.70. The largest absolute Gasteiger partial charge is 1.00 e. The van der Waals surface area contributed by atoms with Gasteiger partial charge in [-0.2, -0.15) is 0 Å². The van der Waals surface area contributed by atoms with E-state index in [9.17, 15) is 0 Å². The molecule has 0 saturated carbocycles. The van der Waals surface area contributed by atoms with Crippen molar-refractivity contribution in [3.8, 4) is 0 Å². The van der Waals surface area contributed by atoms with E-state index in [1.807, 2.05) is 3.33 Å². The zero-order valence-corrected chi connectivity index (χ0v) is 19.6. The minimum atomic E-state index is -1.12. The third kappa shape index (κ3) is 2.94. The molecule has 1 heterocycles. The summed E-state index contributed by atoms with van der Waals surface area (Å²) in [5, 5.41) is 0. The maximum atomic E-state index is 2.70. The molecule has 3 aliphatic rings. The Morgan fingerprint density at radius 2 is 1.96 bits per heavy atom. The molecule has 0 bridgehead atoms. The second-order valence-corrected chi connectivity index (χ2v) is 19.6. The van der Waals surface area contributed by atoms with Crippen molar-refractivity contribution >= 4 is 14.1 Å². The van der Waals surface area contributed by atoms with E-state index in [1.54, 1.807) is 17.7 Å². The Bertz CT molecular complexity index is 656. The first-order valence-electron chi connectivity index (χ1n) is 8.22. The Hall–Kier alpha value is 0.107. The van der Waals surface area contributed by atoms with Gasteiger partial charge in [-0.05, 0) is 0 Å². The molecule has 4 heteroatoms. The van der Waals surface area contributed by atoms with Crippen LogP contribution in [0.4, 0.5) is 0 Å². The van der Waals surface area contributed by atoms with Crippen LogP contribution < -0.4 is 24.8 Å². The number of allylic oxidation sites excluding steroid dienone is 5. The minimum absolute atomic E-state index is 0. The van der Waals surface area contributed by atoms with E-state index in [4.69, 9.17) is 0 Å². The van der Waals surface area contributed by atoms with Gasteiger partial charge in [0.2, 0.25) is 0 Å². The van der Waals surface area contributed by atoms with E-state index in [0.29, 0.717) is 2.79 Å². The SMILES string of the molecule is CC[Si]1([C]2([Hf+2][C]3=CC=CC3)C=Cc3ccccc32)CCC1.[Cl-].[Cl-]. The molecule has 1 aliphatic heterocycles. The van der Waals surface area contributed by atoms with Gasteiger partial charge in [0.25, 0.3) is 0 Å². The quantitative estimate of drug-likeness (QED) is 0.453. The Morgan fingerprint density at radius 3 is 2.57 bits per heavy atom. The number of rotatable bonds is 4. The van der Waals surface area contributed by atoms with Gasteiger partial charge in [-0.25, -0.2) is 0 Å². The van der Waals surface area contributed by atoms with Crippen LogP contribution in [0.5, 0.6) is 0 Å². The molecule has 0 amide bonds. The van der Waals surface area contributed by atoms with Gasteiger partial charge in [0, 0.05) is 0 Å². The standard InChI is InChI=1S/C14H17Si.C5H5.2ClH.Hf/c1-2-15(10-5-11-15)14-9-8-12-6-3-4-7-13(12)14;1-2-4-5-3-1;;;/h3-4,6-9H,2,5,10-11H2,1H3;1-3H,4H2;2*1H;/q;;;;+2/p-2. The van der Waals surface area contributed by atoms with E-state index in [0.717, 1.165) is 0 Å². The fourth-order valence-corrected chi connectivity index (χ4v) is 23.1. The maximum Gasteiger partial charge on any atom is -1.00 e. The zero-order valence-electron chi connectivity index (χ0n) is 13.5. The summed E-state index contributed by atoms with van der Waals surface area (Å²) in [6, 6.07) is 13.9. The van der Waals surface area contributed by atoms with Crippen LogP contribution in [-0.2, 0) is 25.7 Å². The average Bonchev–Trinajstić information content (AvgIpc) is 3.09. The Labute approximate surface area is 164 Å². The topological polar surface area (TPSA) is 0 Å². The van der Waals surface area contributed by atoms with Gasteiger partial charge >= 0.3 is 141 Å². The van der Waals surface area contributed by atoms with E-state index < -0.39 is 31.0 Å². The van der Waals surface area contributed by atoms with Crippen molar-refractivity contribution in [2.45, 2.75) is 40.7 Å². The van der Waals surface area contributed by atoms with Gasteiger partial charge in [-0.15, -0.1) is 0 Å². The summed E-state index contributed by atoms with van der Waals surface area (Å²) in [5.41, 5.74) is 3.26. The Morgan fingerprint density at radius 1 is 1.17 bits per heavy atom. The summed E-state index contributed by atoms with van der Waals surface area (Å²) in [6.07, 6.45) is 15.0. The minimum Gasteiger partial charge on any atom is -1.00 e. The Kier molecular flexibility index (Phi) is 6.38. The predicted octanol–water partition coefficient (Wildman–Crippen LogP) is -0.745. The molecule has 1 aromatic rings. The first kappa shape index (κ1) is 19.4. The van der Waals surface area contributed by atoms with Gasteiger partial charge < -0.3 is 24.8 Å². The van der Waals surface area contributed by atoms with Crippen molar-refractivity contribution in [2.75, 3.05) is 0 Å². The third-order valence-electron chi connectivity index (χ3n) is 5.85. The second kappa shape index (κ2) is 7.55. The second-order valence-electron chi connectivity index (χ2n) is 6.67. The molecule has 1 saturated heterocycles. The molecular formula is C19H22Cl2HfSi. The van der Waals surface area contributed by atoms with Crippen LogP contribution >= 0.6 is 0 Å². The molecule has 0 spiro atoms. The van der Waals surface area contributed by atoms with Gasteiger partial charge in [0.1, 0.15) is 0 Å². The van der Waals surface area contributed by atoms with E-state index in [2.05, 4.69) is 61.6 Å². The molecular weight excluding hydrogens is 506 g/mol. The average molecular weight is 528 g/mol. The van der Waals surface area contributed by atoms with Crippen molar-refractivity contribution in [1.29, 1.82) is 0 Å². The van der Waals surface area contributed by atoms with Crippen LogP contribution in [0, 0.1) is 0 Å². The monoisotopic (exact) mass is 528 g/mol. The van der Waals surface area contributed by atoms with Crippen molar-refractivity contribution in [3.05, 3.63) is 63.0 Å². The van der Waals surface area contributed by atoms with Crippen LogP contribution in [0.3, 0.4) is 0 Å². The van der Waals surface area contributed by atoms with Gasteiger partial charge in [-0.3, -0.25) is 0 Å². The number of halogens is 2. The predicted molar refractivity (Wildman–Crippen MR) is 89.5 cm³/mol. The van der Waals surface area contributed by atoms with Crippen molar-refractivity contribution in [3.63, 3.8) is 0 Å². The van der Waals surface area contributed by atoms with Crippen molar-refractivity contribution < 1.29 is 47.7 Å². The van der Waals surface area contributed by atoms with Gasteiger partial charge in [0.05, 0.1) is 0 Å². The van der Waals surface area contributed by atoms with Crippen LogP contribution in [0.15, 0.2) is 51.9 Å². The van der Waals surface area contributed by atoms with Gasteiger partial charge in [0.15, 0.2) is 0 Å². The molecule has 1 unspecified atom stereocenters. The van der Waals surface area contributed by atoms with E-state index in [-0.39, 0.29) is 24.8 Å². The fourth-order valence-electron chi connectivity index (χ4n) is 4.43. The number of fused-ring (bicyclic) bond motifs is 1. The molecule has 23 heavy (non-hydrogen) atoms. The van der Waals surface area contributed by atoms with Crippen molar-refractivity contribution in [2.24, 2.45) is 0 Å². The molecule has 0 aromatic heterocycles. The van der Waals surface area contributed by atoms with Crippen LogP contribution in [0.25, 0.3) is 6.08 Å². The summed E-state index contributed by atoms with van der Waals surface area (Å²) in [7, 11) is -1.12. The molecule has 4 rings (SSSR count). The molecule has 0 N–H and O–H groups in total. The summed E-state index contributed by atoms with van der Waals surface area (Å²) in [6.45, 7) is 2.49. The van der Waals surface area contributed by atoms with Crippen LogP contribution in [-0.4, -0.2) is 8.07 Å². The third-order valence-corrected chi connectivity index (χ3v) is 24.1. The van der Waals surface area contributed by atoms with Crippen LogP contribution in [0.2, 0.25) is 18.1 Å². The summed E-state index contributed by atoms with van der Waals surface area (Å²) in [4.78, 5) is 0. The molecule has 0 radical (unpaired) electrons. The fraction of sp³-hybridized carbons (Fsp3) is 0.368. The molecule has 1 aromatic carbocycles. The van der Waals surface area contributed by atoms with Crippen molar-refractivity contribution in [1.82, 2.24) is 0 Å². The number of hydrogen-bond donors (Lipinski definition) is 0. The Balaban J connectivity index is 0.000000960. The summed E-state index contributed by atoms with van der Waals surface area (Å²) >= 11 is -0.862. The summed E-state index contributed by atoms with van der Waals surface area (Å²) < 4.78 is 2.41. The smallest absolute Gasteiger partial charge is 1.00 e. The zero-order chi connectivity index (χ0) is 14.3. The first-order chi connectivity index (χ1) is 10.3. The molecule has 1 atom stereocenters. The number of hydrogen-bond acceptors (Lipinski definition) is 0. The van der Waals surface area contributed by atoms with Gasteiger partial charge in [-0.1, -0.05) is 0 Å². The molecule has 0 nitrogen and oxygen atoms in total. The molecule has 2 aliphatic carbocycles. The number of benzene rings is 1. The molecule has 1 fully saturated rings. The van der Waals surface area contributed by atoms with E-state index >= 15 is 0 Å². The normalized spacial score (nSPS) is 25.5. The molecule has 120 valence electrons. The van der Waals surface area contributed by atoms with E-state index in [1.165, 1.54) is 24.4 Å². The van der Waals surface area contributed by atoms with Crippen LogP contribution in [0.1, 0.15) is 30.9 Å².